The first-order chi connectivity index (χ1) is 16.6. The molecule has 1 aliphatic rings. The second kappa shape index (κ2) is 9.79. The Hall–Kier alpha value is -3.48. The van der Waals surface area contributed by atoms with Gasteiger partial charge in [-0.1, -0.05) is 54.6 Å². The highest BCUT2D eigenvalue weighted by molar-refractivity contribution is 5.94. The standard InChI is InChI=1S/C28H30N4O2/c1-30-15-17-31(18-16-30)19-24(21-9-3-2-4-10-21)29-27(33)20-32-25-13-7-5-11-22(25)28(34)23-12-6-8-14-26(23)32/h2-14,24H,15-20H2,1H3,(H,29,33). The van der Waals surface area contributed by atoms with Crippen molar-refractivity contribution in [3.05, 3.63) is 94.6 Å². The zero-order valence-electron chi connectivity index (χ0n) is 19.5. The van der Waals surface area contributed by atoms with Crippen LogP contribution in [-0.4, -0.2) is 60.0 Å². The van der Waals surface area contributed by atoms with Crippen LogP contribution in [0.5, 0.6) is 0 Å². The van der Waals surface area contributed by atoms with Gasteiger partial charge in [0.05, 0.1) is 17.1 Å². The number of rotatable bonds is 6. The van der Waals surface area contributed by atoms with Crippen LogP contribution in [-0.2, 0) is 11.3 Å². The molecule has 1 aromatic heterocycles. The molecule has 6 nitrogen and oxygen atoms in total. The van der Waals surface area contributed by atoms with Crippen LogP contribution in [0.15, 0.2) is 83.7 Å². The Morgan fingerprint density at radius 1 is 0.824 bits per heavy atom. The average molecular weight is 455 g/mol. The number of carbonyl (C=O) groups excluding carboxylic acids is 1. The van der Waals surface area contributed by atoms with Crippen molar-refractivity contribution in [1.82, 2.24) is 19.7 Å². The van der Waals surface area contributed by atoms with E-state index >= 15 is 0 Å². The number of aromatic nitrogens is 1. The maximum absolute atomic E-state index is 13.4. The molecule has 5 rings (SSSR count). The second-order valence-corrected chi connectivity index (χ2v) is 9.08. The SMILES string of the molecule is CN1CCN(CC(NC(=O)Cn2c3ccccc3c(=O)c3ccccc32)c2ccccc2)CC1. The quantitative estimate of drug-likeness (QED) is 0.455. The fourth-order valence-electron chi connectivity index (χ4n) is 4.84. The first-order valence-electron chi connectivity index (χ1n) is 11.9. The lowest BCUT2D eigenvalue weighted by molar-refractivity contribution is -0.122. The number of carbonyl (C=O) groups is 1. The number of fused-ring (bicyclic) bond motifs is 2. The summed E-state index contributed by atoms with van der Waals surface area (Å²) in [4.78, 5) is 31.2. The maximum Gasteiger partial charge on any atom is 0.240 e. The van der Waals surface area contributed by atoms with Crippen molar-refractivity contribution in [2.24, 2.45) is 0 Å². The Kier molecular flexibility index (Phi) is 6.43. The minimum atomic E-state index is -0.103. The van der Waals surface area contributed by atoms with Gasteiger partial charge in [0, 0.05) is 43.5 Å². The summed E-state index contributed by atoms with van der Waals surface area (Å²) in [6.45, 7) is 4.97. The van der Waals surface area contributed by atoms with E-state index in [1.54, 1.807) is 0 Å². The zero-order chi connectivity index (χ0) is 23.5. The number of likely N-dealkylation sites (N-methyl/N-ethyl adjacent to an activating group) is 1. The summed E-state index contributed by atoms with van der Waals surface area (Å²) in [6, 6.07) is 25.1. The van der Waals surface area contributed by atoms with Crippen molar-refractivity contribution >= 4 is 27.7 Å². The van der Waals surface area contributed by atoms with E-state index in [2.05, 4.69) is 34.3 Å². The summed E-state index contributed by atoms with van der Waals surface area (Å²) in [5, 5.41) is 4.55. The van der Waals surface area contributed by atoms with Gasteiger partial charge in [-0.15, -0.1) is 0 Å². The molecule has 1 atom stereocenters. The number of amides is 1. The molecule has 0 radical (unpaired) electrons. The number of nitrogens with one attached hydrogen (secondary N) is 1. The van der Waals surface area contributed by atoms with Gasteiger partial charge in [0.2, 0.25) is 5.91 Å². The lowest BCUT2D eigenvalue weighted by atomic mass is 10.1. The molecule has 0 saturated carbocycles. The van der Waals surface area contributed by atoms with E-state index in [0.717, 1.165) is 49.3 Å². The van der Waals surface area contributed by atoms with E-state index in [1.807, 2.05) is 71.3 Å². The smallest absolute Gasteiger partial charge is 0.240 e. The fourth-order valence-corrected chi connectivity index (χ4v) is 4.84. The van der Waals surface area contributed by atoms with Gasteiger partial charge in [0.15, 0.2) is 5.43 Å². The lowest BCUT2D eigenvalue weighted by Gasteiger charge is -2.35. The third kappa shape index (κ3) is 4.60. The van der Waals surface area contributed by atoms with Crippen molar-refractivity contribution in [1.29, 1.82) is 0 Å². The molecule has 4 aromatic rings. The molecule has 2 heterocycles. The fraction of sp³-hybridized carbons (Fsp3) is 0.286. The molecule has 1 aliphatic heterocycles. The van der Waals surface area contributed by atoms with Crippen molar-refractivity contribution in [2.75, 3.05) is 39.8 Å². The Morgan fingerprint density at radius 3 is 2.00 bits per heavy atom. The summed E-state index contributed by atoms with van der Waals surface area (Å²) >= 11 is 0. The normalized spacial score (nSPS) is 16.0. The molecule has 34 heavy (non-hydrogen) atoms. The Balaban J connectivity index is 1.44. The first-order valence-corrected chi connectivity index (χ1v) is 11.9. The molecular weight excluding hydrogens is 424 g/mol. The van der Waals surface area contributed by atoms with Crippen LogP contribution >= 0.6 is 0 Å². The number of para-hydroxylation sites is 2. The summed E-state index contributed by atoms with van der Waals surface area (Å²) in [6.07, 6.45) is 0. The van der Waals surface area contributed by atoms with Crippen LogP contribution in [0.2, 0.25) is 0 Å². The van der Waals surface area contributed by atoms with E-state index in [1.165, 1.54) is 0 Å². The van der Waals surface area contributed by atoms with E-state index in [-0.39, 0.29) is 23.9 Å². The first kappa shape index (κ1) is 22.3. The third-order valence-electron chi connectivity index (χ3n) is 6.75. The molecule has 0 bridgehead atoms. The highest BCUT2D eigenvalue weighted by Crippen LogP contribution is 2.20. The van der Waals surface area contributed by atoms with Gasteiger partial charge in [-0.05, 0) is 36.9 Å². The minimum Gasteiger partial charge on any atom is -0.346 e. The van der Waals surface area contributed by atoms with Crippen molar-refractivity contribution in [3.8, 4) is 0 Å². The number of hydrogen-bond acceptors (Lipinski definition) is 4. The number of benzene rings is 3. The van der Waals surface area contributed by atoms with Gasteiger partial charge in [-0.25, -0.2) is 0 Å². The average Bonchev–Trinajstić information content (AvgIpc) is 2.88. The van der Waals surface area contributed by atoms with Crippen LogP contribution in [0.1, 0.15) is 11.6 Å². The molecule has 1 N–H and O–H groups in total. The maximum atomic E-state index is 13.4. The van der Waals surface area contributed by atoms with Crippen LogP contribution in [0.4, 0.5) is 0 Å². The monoisotopic (exact) mass is 454 g/mol. The Morgan fingerprint density at radius 2 is 1.38 bits per heavy atom. The number of piperazine rings is 1. The van der Waals surface area contributed by atoms with Gasteiger partial charge < -0.3 is 14.8 Å². The van der Waals surface area contributed by atoms with Crippen LogP contribution in [0.3, 0.4) is 0 Å². The largest absolute Gasteiger partial charge is 0.346 e. The topological polar surface area (TPSA) is 57.6 Å². The van der Waals surface area contributed by atoms with Crippen molar-refractivity contribution in [2.45, 2.75) is 12.6 Å². The second-order valence-electron chi connectivity index (χ2n) is 9.08. The summed E-state index contributed by atoms with van der Waals surface area (Å²) in [5.41, 5.74) is 2.65. The number of hydrogen-bond donors (Lipinski definition) is 1. The summed E-state index contributed by atoms with van der Waals surface area (Å²) < 4.78 is 1.96. The minimum absolute atomic E-state index is 0.0000803. The Bertz CT molecular complexity index is 1300. The predicted octanol–water partition coefficient (Wildman–Crippen LogP) is 3.26. The molecule has 1 fully saturated rings. The molecule has 1 amide bonds. The molecule has 1 unspecified atom stereocenters. The molecular formula is C28H30N4O2. The number of pyridine rings is 1. The molecule has 1 saturated heterocycles. The Labute approximate surface area is 199 Å². The molecule has 6 heteroatoms. The number of nitrogens with zero attached hydrogens (tertiary/aromatic N) is 3. The van der Waals surface area contributed by atoms with Crippen molar-refractivity contribution in [3.63, 3.8) is 0 Å². The predicted molar refractivity (Wildman–Crippen MR) is 137 cm³/mol. The van der Waals surface area contributed by atoms with Gasteiger partial charge in [-0.3, -0.25) is 14.5 Å². The van der Waals surface area contributed by atoms with E-state index in [0.29, 0.717) is 10.8 Å². The third-order valence-corrected chi connectivity index (χ3v) is 6.75. The van der Waals surface area contributed by atoms with E-state index in [9.17, 15) is 9.59 Å². The van der Waals surface area contributed by atoms with E-state index in [4.69, 9.17) is 0 Å². The molecule has 0 aliphatic carbocycles. The van der Waals surface area contributed by atoms with Crippen LogP contribution in [0.25, 0.3) is 21.8 Å². The summed E-state index contributed by atoms with van der Waals surface area (Å²) in [7, 11) is 2.15. The van der Waals surface area contributed by atoms with Crippen LogP contribution in [0, 0.1) is 0 Å². The highest BCUT2D eigenvalue weighted by Gasteiger charge is 2.22. The molecule has 174 valence electrons. The molecule has 3 aromatic carbocycles. The van der Waals surface area contributed by atoms with Gasteiger partial charge >= 0.3 is 0 Å². The zero-order valence-corrected chi connectivity index (χ0v) is 19.5. The lowest BCUT2D eigenvalue weighted by Crippen LogP contribution is -2.48. The highest BCUT2D eigenvalue weighted by atomic mass is 16.2. The molecule has 0 spiro atoms. The van der Waals surface area contributed by atoms with E-state index < -0.39 is 0 Å². The van der Waals surface area contributed by atoms with Crippen LogP contribution < -0.4 is 10.7 Å². The van der Waals surface area contributed by atoms with Gasteiger partial charge in [0.25, 0.3) is 0 Å². The van der Waals surface area contributed by atoms with Gasteiger partial charge in [0.1, 0.15) is 6.54 Å². The van der Waals surface area contributed by atoms with Gasteiger partial charge in [-0.2, -0.15) is 0 Å². The van der Waals surface area contributed by atoms with Crippen molar-refractivity contribution < 1.29 is 4.79 Å². The summed E-state index contributed by atoms with van der Waals surface area (Å²) in [5.74, 6) is -0.0677.